The van der Waals surface area contributed by atoms with Crippen LogP contribution in [-0.2, 0) is 20.9 Å². The van der Waals surface area contributed by atoms with Gasteiger partial charge in [0.2, 0.25) is 11.8 Å². The number of unbranched alkanes of at least 4 members (excludes halogenated alkanes) is 1. The zero-order valence-corrected chi connectivity index (χ0v) is 17.6. The van der Waals surface area contributed by atoms with Gasteiger partial charge in [-0.15, -0.1) is 0 Å². The Morgan fingerprint density at radius 1 is 1.07 bits per heavy atom. The fourth-order valence-electron chi connectivity index (χ4n) is 2.86. The summed E-state index contributed by atoms with van der Waals surface area (Å²) in [5.74, 6) is -0.864. The molecule has 0 fully saturated rings. The largest absolute Gasteiger partial charge is 0.445 e. The van der Waals surface area contributed by atoms with Gasteiger partial charge >= 0.3 is 12.1 Å². The number of ether oxygens (including phenoxy) is 1. The lowest BCUT2D eigenvalue weighted by atomic mass is 10.0. The Hall–Kier alpha value is -3.30. The first-order valence-corrected chi connectivity index (χ1v) is 9.72. The van der Waals surface area contributed by atoms with Gasteiger partial charge in [-0.2, -0.15) is 0 Å². The molecule has 6 N–H and O–H groups in total. The number of rotatable bonds is 11. The molecule has 0 unspecified atom stereocenters. The summed E-state index contributed by atoms with van der Waals surface area (Å²) in [5.41, 5.74) is 11.7. The van der Waals surface area contributed by atoms with Gasteiger partial charge in [-0.1, -0.05) is 26.0 Å². The summed E-state index contributed by atoms with van der Waals surface area (Å²) in [6.45, 7) is 4.05. The SMILES string of the molecule is CC(C)[C@@H](C(N)=O)N(C)C(=O)OCc1ccc(NC(=O)CCCCNC(N)=O)cc1. The second-order valence-electron chi connectivity index (χ2n) is 7.25. The number of carbonyl (C=O) groups excluding carboxylic acids is 4. The summed E-state index contributed by atoms with van der Waals surface area (Å²) in [6.07, 6.45) is 0.956. The molecule has 0 saturated carbocycles. The lowest BCUT2D eigenvalue weighted by Crippen LogP contribution is -2.48. The van der Waals surface area contributed by atoms with Crippen LogP contribution in [0.3, 0.4) is 0 Å². The molecule has 0 radical (unpaired) electrons. The lowest BCUT2D eigenvalue weighted by molar-refractivity contribution is -0.123. The molecule has 0 aliphatic carbocycles. The minimum absolute atomic E-state index is 0.0217. The number of nitrogens with two attached hydrogens (primary N) is 2. The Morgan fingerprint density at radius 2 is 1.70 bits per heavy atom. The highest BCUT2D eigenvalue weighted by atomic mass is 16.6. The first-order chi connectivity index (χ1) is 14.1. The van der Waals surface area contributed by atoms with Crippen molar-refractivity contribution in [3.05, 3.63) is 29.8 Å². The quantitative estimate of drug-likeness (QED) is 0.399. The second-order valence-corrected chi connectivity index (χ2v) is 7.25. The van der Waals surface area contributed by atoms with Crippen LogP contribution in [0.1, 0.15) is 38.7 Å². The lowest BCUT2D eigenvalue weighted by Gasteiger charge is -2.27. The number of nitrogens with one attached hydrogen (secondary N) is 2. The van der Waals surface area contributed by atoms with Crippen molar-refractivity contribution in [1.29, 1.82) is 0 Å². The Balaban J connectivity index is 2.43. The molecular formula is C20H31N5O5. The highest BCUT2D eigenvalue weighted by Gasteiger charge is 2.28. The predicted molar refractivity (Wildman–Crippen MR) is 112 cm³/mol. The number of benzene rings is 1. The van der Waals surface area contributed by atoms with Crippen LogP contribution >= 0.6 is 0 Å². The van der Waals surface area contributed by atoms with E-state index in [0.717, 1.165) is 5.56 Å². The molecule has 166 valence electrons. The van der Waals surface area contributed by atoms with Gasteiger partial charge < -0.3 is 26.8 Å². The second kappa shape index (κ2) is 12.3. The van der Waals surface area contributed by atoms with E-state index < -0.39 is 24.1 Å². The van der Waals surface area contributed by atoms with E-state index in [0.29, 0.717) is 31.5 Å². The number of carbonyl (C=O) groups is 4. The number of urea groups is 1. The van der Waals surface area contributed by atoms with Crippen LogP contribution in [0.2, 0.25) is 0 Å². The molecule has 1 atom stereocenters. The Bertz CT molecular complexity index is 736. The zero-order valence-electron chi connectivity index (χ0n) is 17.6. The van der Waals surface area contributed by atoms with Gasteiger partial charge in [-0.3, -0.25) is 14.5 Å². The first kappa shape index (κ1) is 24.7. The van der Waals surface area contributed by atoms with Gasteiger partial charge in [0, 0.05) is 25.7 Å². The molecule has 1 aromatic rings. The normalized spacial score (nSPS) is 11.5. The molecule has 0 saturated heterocycles. The highest BCUT2D eigenvalue weighted by Crippen LogP contribution is 2.14. The van der Waals surface area contributed by atoms with E-state index in [1.165, 1.54) is 11.9 Å². The molecular weight excluding hydrogens is 390 g/mol. The number of hydrogen-bond donors (Lipinski definition) is 4. The van der Waals surface area contributed by atoms with Crippen LogP contribution in [0.25, 0.3) is 0 Å². The molecule has 30 heavy (non-hydrogen) atoms. The van der Waals surface area contributed by atoms with E-state index in [-0.39, 0.29) is 18.4 Å². The molecule has 1 rings (SSSR count). The van der Waals surface area contributed by atoms with Crippen LogP contribution in [0.5, 0.6) is 0 Å². The monoisotopic (exact) mass is 421 g/mol. The van der Waals surface area contributed by atoms with Gasteiger partial charge in [-0.05, 0) is 36.5 Å². The number of nitrogens with zero attached hydrogens (tertiary/aromatic N) is 1. The maximum absolute atomic E-state index is 12.2. The fraction of sp³-hybridized carbons (Fsp3) is 0.500. The number of likely N-dealkylation sites (N-methyl/N-ethyl adjacent to an activating group) is 1. The van der Waals surface area contributed by atoms with Crippen molar-refractivity contribution in [3.63, 3.8) is 0 Å². The molecule has 10 heteroatoms. The third-order valence-electron chi connectivity index (χ3n) is 4.36. The summed E-state index contributed by atoms with van der Waals surface area (Å²) in [4.78, 5) is 47.4. The standard InChI is InChI=1S/C20H31N5O5/c1-13(2)17(18(21)27)25(3)20(29)30-12-14-7-9-15(10-8-14)24-16(26)6-4-5-11-23-19(22)28/h7-10,13,17H,4-6,11-12H2,1-3H3,(H2,21,27)(H,24,26)(H3,22,23,28)/t17-/m0/s1. The summed E-state index contributed by atoms with van der Waals surface area (Å²) in [7, 11) is 1.47. The Kier molecular flexibility index (Phi) is 10.1. The minimum atomic E-state index is -0.748. The van der Waals surface area contributed by atoms with Gasteiger partial charge in [-0.25, -0.2) is 9.59 Å². The maximum atomic E-state index is 12.2. The number of primary amides is 2. The van der Waals surface area contributed by atoms with Crippen molar-refractivity contribution in [2.45, 2.75) is 45.8 Å². The molecule has 0 spiro atoms. The van der Waals surface area contributed by atoms with Crippen LogP contribution in [-0.4, -0.2) is 48.5 Å². The molecule has 10 nitrogen and oxygen atoms in total. The van der Waals surface area contributed by atoms with Crippen LogP contribution in [0.4, 0.5) is 15.3 Å². The van der Waals surface area contributed by atoms with Gasteiger partial charge in [0.1, 0.15) is 12.6 Å². The number of anilines is 1. The number of amides is 5. The van der Waals surface area contributed by atoms with Crippen molar-refractivity contribution in [2.75, 3.05) is 18.9 Å². The van der Waals surface area contributed by atoms with E-state index in [1.807, 2.05) is 0 Å². The van der Waals surface area contributed by atoms with Gasteiger partial charge in [0.25, 0.3) is 0 Å². The maximum Gasteiger partial charge on any atom is 0.410 e. The van der Waals surface area contributed by atoms with Crippen LogP contribution in [0, 0.1) is 5.92 Å². The summed E-state index contributed by atoms with van der Waals surface area (Å²) < 4.78 is 5.24. The molecule has 0 aliphatic heterocycles. The summed E-state index contributed by atoms with van der Waals surface area (Å²) in [6, 6.07) is 5.55. The molecule has 0 bridgehead atoms. The van der Waals surface area contributed by atoms with Crippen molar-refractivity contribution < 1.29 is 23.9 Å². The summed E-state index contributed by atoms with van der Waals surface area (Å²) >= 11 is 0. The van der Waals surface area contributed by atoms with Gasteiger partial charge in [0.15, 0.2) is 0 Å². The molecule has 0 heterocycles. The van der Waals surface area contributed by atoms with E-state index >= 15 is 0 Å². The van der Waals surface area contributed by atoms with E-state index in [4.69, 9.17) is 16.2 Å². The first-order valence-electron chi connectivity index (χ1n) is 9.72. The van der Waals surface area contributed by atoms with E-state index in [1.54, 1.807) is 38.1 Å². The third kappa shape index (κ3) is 8.80. The van der Waals surface area contributed by atoms with Crippen LogP contribution < -0.4 is 22.1 Å². The number of hydrogen-bond acceptors (Lipinski definition) is 5. The predicted octanol–water partition coefficient (Wildman–Crippen LogP) is 1.54. The fourth-order valence-corrected chi connectivity index (χ4v) is 2.86. The Morgan fingerprint density at radius 3 is 2.23 bits per heavy atom. The zero-order chi connectivity index (χ0) is 22.7. The molecule has 0 aromatic heterocycles. The smallest absolute Gasteiger partial charge is 0.410 e. The van der Waals surface area contributed by atoms with Crippen molar-refractivity contribution in [3.8, 4) is 0 Å². The topological polar surface area (TPSA) is 157 Å². The van der Waals surface area contributed by atoms with Crippen LogP contribution in [0.15, 0.2) is 24.3 Å². The third-order valence-corrected chi connectivity index (χ3v) is 4.36. The average Bonchev–Trinajstić information content (AvgIpc) is 2.66. The van der Waals surface area contributed by atoms with E-state index in [9.17, 15) is 19.2 Å². The van der Waals surface area contributed by atoms with Crippen molar-refractivity contribution in [2.24, 2.45) is 17.4 Å². The molecule has 1 aromatic carbocycles. The minimum Gasteiger partial charge on any atom is -0.445 e. The van der Waals surface area contributed by atoms with E-state index in [2.05, 4.69) is 10.6 Å². The van der Waals surface area contributed by atoms with Crippen molar-refractivity contribution >= 4 is 29.6 Å². The van der Waals surface area contributed by atoms with Gasteiger partial charge in [0.05, 0.1) is 0 Å². The van der Waals surface area contributed by atoms with Crippen molar-refractivity contribution in [1.82, 2.24) is 10.2 Å². The average molecular weight is 421 g/mol. The Labute approximate surface area is 176 Å². The highest BCUT2D eigenvalue weighted by molar-refractivity contribution is 5.90. The molecule has 0 aliphatic rings. The molecule has 5 amide bonds. The summed E-state index contributed by atoms with van der Waals surface area (Å²) in [5, 5.41) is 5.24.